The molecule has 0 radical (unpaired) electrons. The zero-order valence-electron chi connectivity index (χ0n) is 12.2. The van der Waals surface area contributed by atoms with E-state index in [2.05, 4.69) is 34.8 Å². The number of nitrogens with one attached hydrogen (secondary N) is 1. The van der Waals surface area contributed by atoms with Gasteiger partial charge in [-0.05, 0) is 24.9 Å². The molecule has 0 amide bonds. The van der Waals surface area contributed by atoms with Crippen LogP contribution in [-0.2, 0) is 24.3 Å². The molecule has 2 aromatic heterocycles. The lowest BCUT2D eigenvalue weighted by Gasteiger charge is -2.14. The average Bonchev–Trinajstić information content (AvgIpc) is 3.07. The predicted octanol–water partition coefficient (Wildman–Crippen LogP) is 2.75. The fourth-order valence-electron chi connectivity index (χ4n) is 1.91. The SMILES string of the molecule is CNCc1sc(N(C)CCc2cccs2)nc1COC. The van der Waals surface area contributed by atoms with Crippen molar-refractivity contribution in [2.45, 2.75) is 19.6 Å². The Hall–Kier alpha value is -0.950. The van der Waals surface area contributed by atoms with Crippen molar-refractivity contribution in [1.82, 2.24) is 10.3 Å². The fraction of sp³-hybridized carbons (Fsp3) is 0.500. The number of rotatable bonds is 8. The van der Waals surface area contributed by atoms with Crippen molar-refractivity contribution in [2.24, 2.45) is 0 Å². The van der Waals surface area contributed by atoms with E-state index in [0.29, 0.717) is 6.61 Å². The highest BCUT2D eigenvalue weighted by atomic mass is 32.1. The van der Waals surface area contributed by atoms with Gasteiger partial charge in [0.2, 0.25) is 0 Å². The molecule has 0 atom stereocenters. The molecule has 110 valence electrons. The third-order valence-electron chi connectivity index (χ3n) is 2.99. The van der Waals surface area contributed by atoms with Gasteiger partial charge in [0.05, 0.1) is 12.3 Å². The molecule has 0 aliphatic rings. The molecule has 4 nitrogen and oxygen atoms in total. The van der Waals surface area contributed by atoms with Crippen LogP contribution in [0, 0.1) is 0 Å². The van der Waals surface area contributed by atoms with Gasteiger partial charge < -0.3 is 15.0 Å². The molecule has 0 aliphatic carbocycles. The molecule has 2 heterocycles. The Morgan fingerprint density at radius 3 is 2.95 bits per heavy atom. The first-order chi connectivity index (χ1) is 9.74. The van der Waals surface area contributed by atoms with Gasteiger partial charge in [0.15, 0.2) is 5.13 Å². The molecule has 0 saturated carbocycles. The average molecular weight is 311 g/mol. The van der Waals surface area contributed by atoms with Crippen molar-refractivity contribution in [1.29, 1.82) is 0 Å². The van der Waals surface area contributed by atoms with Crippen LogP contribution in [0.3, 0.4) is 0 Å². The van der Waals surface area contributed by atoms with Crippen LogP contribution in [0.4, 0.5) is 5.13 Å². The molecule has 2 aromatic rings. The fourth-order valence-corrected chi connectivity index (χ4v) is 3.67. The van der Waals surface area contributed by atoms with Crippen LogP contribution in [0.25, 0.3) is 0 Å². The highest BCUT2D eigenvalue weighted by molar-refractivity contribution is 7.15. The second-order valence-corrected chi connectivity index (χ2v) is 6.67. The Morgan fingerprint density at radius 2 is 2.30 bits per heavy atom. The van der Waals surface area contributed by atoms with E-state index in [9.17, 15) is 0 Å². The topological polar surface area (TPSA) is 37.4 Å². The Balaban J connectivity index is 2.01. The van der Waals surface area contributed by atoms with E-state index in [1.807, 2.05) is 18.4 Å². The van der Waals surface area contributed by atoms with Crippen LogP contribution in [0.2, 0.25) is 0 Å². The van der Waals surface area contributed by atoms with Crippen molar-refractivity contribution in [3.8, 4) is 0 Å². The standard InChI is InChI=1S/C14H21N3OS2/c1-15-9-13-12(10-18-3)16-14(20-13)17(2)7-6-11-5-4-8-19-11/h4-5,8,15H,6-7,9-10H2,1-3H3. The summed E-state index contributed by atoms with van der Waals surface area (Å²) in [4.78, 5) is 9.60. The quantitative estimate of drug-likeness (QED) is 0.813. The summed E-state index contributed by atoms with van der Waals surface area (Å²) in [5.41, 5.74) is 1.05. The van der Waals surface area contributed by atoms with Crippen LogP contribution >= 0.6 is 22.7 Å². The van der Waals surface area contributed by atoms with Crippen LogP contribution in [-0.4, -0.2) is 32.7 Å². The molecular formula is C14H21N3OS2. The first-order valence-corrected chi connectivity index (χ1v) is 8.29. The lowest BCUT2D eigenvalue weighted by atomic mass is 10.3. The number of ether oxygens (including phenoxy) is 1. The van der Waals surface area contributed by atoms with Crippen molar-refractivity contribution >= 4 is 27.8 Å². The van der Waals surface area contributed by atoms with Gasteiger partial charge in [-0.2, -0.15) is 0 Å². The number of methoxy groups -OCH3 is 1. The minimum atomic E-state index is 0.576. The first-order valence-electron chi connectivity index (χ1n) is 6.60. The van der Waals surface area contributed by atoms with Gasteiger partial charge in [-0.3, -0.25) is 0 Å². The second-order valence-electron chi connectivity index (χ2n) is 4.58. The summed E-state index contributed by atoms with van der Waals surface area (Å²) in [5.74, 6) is 0. The Morgan fingerprint density at radius 1 is 1.45 bits per heavy atom. The van der Waals surface area contributed by atoms with E-state index >= 15 is 0 Å². The number of hydrogen-bond acceptors (Lipinski definition) is 6. The van der Waals surface area contributed by atoms with Crippen LogP contribution < -0.4 is 10.2 Å². The van der Waals surface area contributed by atoms with Gasteiger partial charge in [-0.1, -0.05) is 6.07 Å². The van der Waals surface area contributed by atoms with E-state index in [1.54, 1.807) is 18.4 Å². The van der Waals surface area contributed by atoms with E-state index in [4.69, 9.17) is 9.72 Å². The Bertz CT molecular complexity index is 487. The lowest BCUT2D eigenvalue weighted by molar-refractivity contribution is 0.181. The molecule has 0 saturated heterocycles. The van der Waals surface area contributed by atoms with Crippen LogP contribution in [0.1, 0.15) is 15.4 Å². The molecule has 2 rings (SSSR count). The number of thiophene rings is 1. The van der Waals surface area contributed by atoms with Crippen molar-refractivity contribution in [3.05, 3.63) is 33.0 Å². The maximum atomic E-state index is 5.23. The van der Waals surface area contributed by atoms with Gasteiger partial charge in [-0.15, -0.1) is 22.7 Å². The summed E-state index contributed by atoms with van der Waals surface area (Å²) < 4.78 is 5.23. The minimum absolute atomic E-state index is 0.576. The Labute approximate surface area is 128 Å². The third kappa shape index (κ3) is 4.02. The largest absolute Gasteiger partial charge is 0.378 e. The first kappa shape index (κ1) is 15.4. The number of aromatic nitrogens is 1. The molecule has 20 heavy (non-hydrogen) atoms. The van der Waals surface area contributed by atoms with Gasteiger partial charge in [0.1, 0.15) is 0 Å². The summed E-state index contributed by atoms with van der Waals surface area (Å²) in [7, 11) is 5.77. The highest BCUT2D eigenvalue weighted by Crippen LogP contribution is 2.26. The van der Waals surface area contributed by atoms with Crippen LogP contribution in [0.15, 0.2) is 17.5 Å². The molecule has 0 spiro atoms. The van der Waals surface area contributed by atoms with Gasteiger partial charge in [-0.25, -0.2) is 4.98 Å². The number of likely N-dealkylation sites (N-methyl/N-ethyl adjacent to an activating group) is 1. The highest BCUT2D eigenvalue weighted by Gasteiger charge is 2.13. The summed E-state index contributed by atoms with van der Waals surface area (Å²) in [6.07, 6.45) is 1.06. The monoisotopic (exact) mass is 311 g/mol. The maximum Gasteiger partial charge on any atom is 0.185 e. The Kier molecular flexibility index (Phi) is 5.97. The van der Waals surface area contributed by atoms with E-state index in [1.165, 1.54) is 9.75 Å². The van der Waals surface area contributed by atoms with E-state index in [0.717, 1.165) is 30.3 Å². The number of nitrogens with zero attached hydrogens (tertiary/aromatic N) is 2. The number of thiazole rings is 1. The van der Waals surface area contributed by atoms with Gasteiger partial charge >= 0.3 is 0 Å². The minimum Gasteiger partial charge on any atom is -0.378 e. The maximum absolute atomic E-state index is 5.23. The zero-order chi connectivity index (χ0) is 14.4. The number of hydrogen-bond donors (Lipinski definition) is 1. The van der Waals surface area contributed by atoms with E-state index in [-0.39, 0.29) is 0 Å². The van der Waals surface area contributed by atoms with Crippen molar-refractivity contribution in [2.75, 3.05) is 32.6 Å². The molecule has 0 aliphatic heterocycles. The second kappa shape index (κ2) is 7.73. The van der Waals surface area contributed by atoms with Crippen molar-refractivity contribution < 1.29 is 4.74 Å². The normalized spacial score (nSPS) is 10.9. The molecule has 6 heteroatoms. The van der Waals surface area contributed by atoms with Gasteiger partial charge in [0, 0.05) is 37.0 Å². The van der Waals surface area contributed by atoms with Crippen molar-refractivity contribution in [3.63, 3.8) is 0 Å². The third-order valence-corrected chi connectivity index (χ3v) is 5.13. The summed E-state index contributed by atoms with van der Waals surface area (Å²) in [6, 6.07) is 4.29. The summed E-state index contributed by atoms with van der Waals surface area (Å²) in [6.45, 7) is 2.40. The summed E-state index contributed by atoms with van der Waals surface area (Å²) in [5, 5.41) is 6.38. The predicted molar refractivity (Wildman–Crippen MR) is 86.9 cm³/mol. The molecule has 0 bridgehead atoms. The lowest BCUT2D eigenvalue weighted by Crippen LogP contribution is -2.19. The van der Waals surface area contributed by atoms with E-state index < -0.39 is 0 Å². The molecule has 0 aromatic carbocycles. The number of anilines is 1. The molecule has 0 fully saturated rings. The molecular weight excluding hydrogens is 290 g/mol. The zero-order valence-corrected chi connectivity index (χ0v) is 13.8. The molecule has 1 N–H and O–H groups in total. The molecule has 0 unspecified atom stereocenters. The smallest absolute Gasteiger partial charge is 0.185 e. The van der Waals surface area contributed by atoms with Crippen LogP contribution in [0.5, 0.6) is 0 Å². The van der Waals surface area contributed by atoms with Gasteiger partial charge in [0.25, 0.3) is 0 Å². The summed E-state index contributed by atoms with van der Waals surface area (Å²) >= 11 is 3.56.